The molecule has 1 aromatic carbocycles. The highest BCUT2D eigenvalue weighted by Crippen LogP contribution is 2.08. The Morgan fingerprint density at radius 1 is 0.833 bits per heavy atom. The highest BCUT2D eigenvalue weighted by molar-refractivity contribution is 7.99. The van der Waals surface area contributed by atoms with Crippen LogP contribution >= 0.6 is 24.2 Å². The normalized spacial score (nSPS) is 9.78. The second-order valence-electron chi connectivity index (χ2n) is 3.92. The molecule has 0 radical (unpaired) electrons. The van der Waals surface area contributed by atoms with Crippen molar-refractivity contribution < 1.29 is 0 Å². The number of aryl methyl sites for hydroxylation is 2. The molecule has 0 N–H and O–H groups in total. The van der Waals surface area contributed by atoms with Gasteiger partial charge in [-0.15, -0.1) is 12.4 Å². The molecule has 0 aliphatic carbocycles. The van der Waals surface area contributed by atoms with Gasteiger partial charge < -0.3 is 0 Å². The Balaban J connectivity index is 0.00000162. The maximum atomic E-state index is 4.32. The molecule has 0 bridgehead atoms. The number of pyridine rings is 1. The predicted octanol–water partition coefficient (Wildman–Crippen LogP) is 4.02. The number of aromatic nitrogens is 1. The molecule has 1 nitrogen and oxygen atoms in total. The third-order valence-electron chi connectivity index (χ3n) is 2.61. The van der Waals surface area contributed by atoms with E-state index >= 15 is 0 Å². The molecular formula is C15H18ClNS. The summed E-state index contributed by atoms with van der Waals surface area (Å²) in [6.07, 6.45) is 4.10. The van der Waals surface area contributed by atoms with Crippen molar-refractivity contribution in [1.29, 1.82) is 0 Å². The molecule has 0 fully saturated rings. The Labute approximate surface area is 119 Å². The maximum Gasteiger partial charge on any atom is 0.0411 e. The van der Waals surface area contributed by atoms with Crippen LogP contribution in [-0.2, 0) is 12.8 Å². The zero-order valence-corrected chi connectivity index (χ0v) is 11.9. The molecule has 1 heterocycles. The standard InChI is InChI=1S/C15H17NS.ClH/c1-2-6-14(7-3-1)9-12-17-13-10-15-8-4-5-11-16-15;/h1-8,11H,9-10,12-13H2;1H. The first-order valence-electron chi connectivity index (χ1n) is 5.97. The van der Waals surface area contributed by atoms with E-state index in [9.17, 15) is 0 Å². The van der Waals surface area contributed by atoms with Crippen molar-refractivity contribution in [2.45, 2.75) is 12.8 Å². The van der Waals surface area contributed by atoms with Crippen LogP contribution in [0.2, 0.25) is 0 Å². The SMILES string of the molecule is Cl.c1ccc(CCSCCc2ccccn2)cc1. The number of hydrogen-bond donors (Lipinski definition) is 0. The lowest BCUT2D eigenvalue weighted by Crippen LogP contribution is -1.94. The highest BCUT2D eigenvalue weighted by atomic mass is 35.5. The van der Waals surface area contributed by atoms with Gasteiger partial charge in [-0.25, -0.2) is 0 Å². The van der Waals surface area contributed by atoms with Gasteiger partial charge in [0.15, 0.2) is 0 Å². The fraction of sp³-hybridized carbons (Fsp3) is 0.267. The summed E-state index contributed by atoms with van der Waals surface area (Å²) in [7, 11) is 0. The summed E-state index contributed by atoms with van der Waals surface area (Å²) in [5, 5.41) is 0. The van der Waals surface area contributed by atoms with Gasteiger partial charge >= 0.3 is 0 Å². The fourth-order valence-electron chi connectivity index (χ4n) is 1.66. The van der Waals surface area contributed by atoms with E-state index in [1.165, 1.54) is 17.0 Å². The van der Waals surface area contributed by atoms with Gasteiger partial charge in [0.05, 0.1) is 0 Å². The van der Waals surface area contributed by atoms with Crippen molar-refractivity contribution in [3.8, 4) is 0 Å². The van der Waals surface area contributed by atoms with Crippen LogP contribution in [0.1, 0.15) is 11.3 Å². The van der Waals surface area contributed by atoms with E-state index in [0.29, 0.717) is 0 Å². The molecule has 18 heavy (non-hydrogen) atoms. The summed E-state index contributed by atoms with van der Waals surface area (Å²) in [5.41, 5.74) is 2.62. The van der Waals surface area contributed by atoms with E-state index in [0.717, 1.165) is 18.6 Å². The minimum absolute atomic E-state index is 0. The summed E-state index contributed by atoms with van der Waals surface area (Å²) < 4.78 is 0. The van der Waals surface area contributed by atoms with E-state index in [2.05, 4.69) is 47.4 Å². The number of thioether (sulfide) groups is 1. The Morgan fingerprint density at radius 3 is 2.28 bits per heavy atom. The van der Waals surface area contributed by atoms with Crippen molar-refractivity contribution in [2.75, 3.05) is 11.5 Å². The molecule has 96 valence electrons. The van der Waals surface area contributed by atoms with E-state index in [1.807, 2.05) is 24.0 Å². The average Bonchev–Trinajstić information content (AvgIpc) is 2.41. The van der Waals surface area contributed by atoms with Crippen LogP contribution in [0, 0.1) is 0 Å². The van der Waals surface area contributed by atoms with Crippen LogP contribution in [0.4, 0.5) is 0 Å². The Hall–Kier alpha value is -0.990. The van der Waals surface area contributed by atoms with Crippen molar-refractivity contribution in [1.82, 2.24) is 4.98 Å². The molecule has 3 heteroatoms. The number of halogens is 1. The zero-order valence-electron chi connectivity index (χ0n) is 10.3. The third-order valence-corrected chi connectivity index (χ3v) is 3.59. The summed E-state index contributed by atoms with van der Waals surface area (Å²) in [6, 6.07) is 16.8. The van der Waals surface area contributed by atoms with Gasteiger partial charge in [0.1, 0.15) is 0 Å². The highest BCUT2D eigenvalue weighted by Gasteiger charge is 1.95. The Morgan fingerprint density at radius 2 is 1.56 bits per heavy atom. The predicted molar refractivity (Wildman–Crippen MR) is 82.7 cm³/mol. The number of nitrogens with zero attached hydrogens (tertiary/aromatic N) is 1. The van der Waals surface area contributed by atoms with Crippen molar-refractivity contribution in [3.05, 3.63) is 66.0 Å². The maximum absolute atomic E-state index is 4.32. The first-order valence-corrected chi connectivity index (χ1v) is 7.12. The van der Waals surface area contributed by atoms with E-state index in [-0.39, 0.29) is 12.4 Å². The average molecular weight is 280 g/mol. The molecule has 0 saturated heterocycles. The number of hydrogen-bond acceptors (Lipinski definition) is 2. The van der Waals surface area contributed by atoms with Crippen LogP contribution in [-0.4, -0.2) is 16.5 Å². The molecular weight excluding hydrogens is 262 g/mol. The van der Waals surface area contributed by atoms with Crippen LogP contribution in [0.15, 0.2) is 54.7 Å². The van der Waals surface area contributed by atoms with Crippen molar-refractivity contribution in [2.24, 2.45) is 0 Å². The largest absolute Gasteiger partial charge is 0.261 e. The quantitative estimate of drug-likeness (QED) is 0.741. The molecule has 0 saturated carbocycles. The Kier molecular flexibility index (Phi) is 7.54. The van der Waals surface area contributed by atoms with E-state index < -0.39 is 0 Å². The monoisotopic (exact) mass is 279 g/mol. The van der Waals surface area contributed by atoms with Gasteiger partial charge in [0.25, 0.3) is 0 Å². The van der Waals surface area contributed by atoms with Crippen LogP contribution in [0.25, 0.3) is 0 Å². The van der Waals surface area contributed by atoms with Gasteiger partial charge in [0, 0.05) is 11.9 Å². The number of rotatable bonds is 6. The van der Waals surface area contributed by atoms with E-state index in [4.69, 9.17) is 0 Å². The smallest absolute Gasteiger partial charge is 0.0411 e. The van der Waals surface area contributed by atoms with Crippen LogP contribution in [0.5, 0.6) is 0 Å². The minimum Gasteiger partial charge on any atom is -0.261 e. The fourth-order valence-corrected chi connectivity index (χ4v) is 2.60. The molecule has 0 amide bonds. The van der Waals surface area contributed by atoms with Crippen LogP contribution < -0.4 is 0 Å². The lowest BCUT2D eigenvalue weighted by molar-refractivity contribution is 1.04. The zero-order chi connectivity index (χ0) is 11.8. The van der Waals surface area contributed by atoms with Gasteiger partial charge in [0.2, 0.25) is 0 Å². The summed E-state index contributed by atoms with van der Waals surface area (Å²) in [4.78, 5) is 4.32. The minimum atomic E-state index is 0. The van der Waals surface area contributed by atoms with Gasteiger partial charge in [-0.05, 0) is 42.0 Å². The molecule has 2 rings (SSSR count). The summed E-state index contributed by atoms with van der Waals surface area (Å²) in [6.45, 7) is 0. The van der Waals surface area contributed by atoms with Crippen LogP contribution in [0.3, 0.4) is 0 Å². The first-order chi connectivity index (χ1) is 8.45. The molecule has 2 aromatic rings. The van der Waals surface area contributed by atoms with Gasteiger partial charge in [-0.3, -0.25) is 4.98 Å². The van der Waals surface area contributed by atoms with Gasteiger partial charge in [-0.1, -0.05) is 36.4 Å². The topological polar surface area (TPSA) is 12.9 Å². The third kappa shape index (κ3) is 5.56. The molecule has 1 aromatic heterocycles. The van der Waals surface area contributed by atoms with Crippen molar-refractivity contribution >= 4 is 24.2 Å². The lowest BCUT2D eigenvalue weighted by Gasteiger charge is -2.02. The Bertz CT molecular complexity index is 378. The second-order valence-corrected chi connectivity index (χ2v) is 5.14. The number of benzene rings is 1. The molecule has 0 atom stereocenters. The first kappa shape index (κ1) is 15.1. The molecule has 0 unspecified atom stereocenters. The van der Waals surface area contributed by atoms with E-state index in [1.54, 1.807) is 0 Å². The molecule has 0 aliphatic heterocycles. The molecule has 0 spiro atoms. The second kappa shape index (κ2) is 9.01. The van der Waals surface area contributed by atoms with Gasteiger partial charge in [-0.2, -0.15) is 11.8 Å². The lowest BCUT2D eigenvalue weighted by atomic mass is 10.2. The molecule has 0 aliphatic rings. The summed E-state index contributed by atoms with van der Waals surface area (Å²) >= 11 is 2.00. The van der Waals surface area contributed by atoms with Crippen molar-refractivity contribution in [3.63, 3.8) is 0 Å². The summed E-state index contributed by atoms with van der Waals surface area (Å²) in [5.74, 6) is 2.35.